The third-order valence-electron chi connectivity index (χ3n) is 12.3. The zero-order valence-electron chi connectivity index (χ0n) is 41.8. The van der Waals surface area contributed by atoms with Crippen molar-refractivity contribution in [3.63, 3.8) is 0 Å². The van der Waals surface area contributed by atoms with Gasteiger partial charge in [0.15, 0.2) is 0 Å². The van der Waals surface area contributed by atoms with Gasteiger partial charge in [-0.05, 0) is 89.9 Å². The predicted molar refractivity (Wildman–Crippen MR) is 273 cm³/mol. The lowest BCUT2D eigenvalue weighted by atomic mass is 10.0. The molecule has 3 N–H and O–H groups in total. The number of unbranched alkanes of at least 4 members (excludes halogenated alkanes) is 33. The van der Waals surface area contributed by atoms with Crippen LogP contribution in [0.15, 0.2) is 48.6 Å². The van der Waals surface area contributed by atoms with Crippen molar-refractivity contribution in [3.8, 4) is 0 Å². The minimum absolute atomic E-state index is 0.0181. The molecule has 63 heavy (non-hydrogen) atoms. The highest BCUT2D eigenvalue weighted by molar-refractivity contribution is 5.76. The molecule has 6 nitrogen and oxygen atoms in total. The molecule has 2 atom stereocenters. The number of ether oxygens (including phenoxy) is 1. The van der Waals surface area contributed by atoms with Gasteiger partial charge in [-0.1, -0.05) is 223 Å². The number of rotatable bonds is 50. The average molecular weight is 884 g/mol. The summed E-state index contributed by atoms with van der Waals surface area (Å²) in [6.07, 6.45) is 65.4. The molecule has 0 bridgehead atoms. The van der Waals surface area contributed by atoms with Crippen molar-refractivity contribution in [2.45, 2.75) is 289 Å². The van der Waals surface area contributed by atoms with Gasteiger partial charge >= 0.3 is 5.97 Å². The van der Waals surface area contributed by atoms with Crippen molar-refractivity contribution in [3.05, 3.63) is 48.6 Å². The first-order valence-electron chi connectivity index (χ1n) is 27.4. The molecule has 0 aromatic carbocycles. The number of esters is 1. The summed E-state index contributed by atoms with van der Waals surface area (Å²) in [7, 11) is 0. The Morgan fingerprint density at radius 2 is 0.794 bits per heavy atom. The molecule has 0 radical (unpaired) electrons. The molecule has 0 saturated heterocycles. The normalized spacial score (nSPS) is 13.0. The fraction of sp³-hybridized carbons (Fsp3) is 0.825. The van der Waals surface area contributed by atoms with Crippen LogP contribution in [0.5, 0.6) is 0 Å². The van der Waals surface area contributed by atoms with E-state index in [1.165, 1.54) is 180 Å². The lowest BCUT2D eigenvalue weighted by Gasteiger charge is -2.20. The van der Waals surface area contributed by atoms with E-state index in [0.717, 1.165) is 70.6 Å². The maximum absolute atomic E-state index is 12.4. The zero-order valence-corrected chi connectivity index (χ0v) is 41.8. The lowest BCUT2D eigenvalue weighted by Crippen LogP contribution is -2.45. The second kappa shape index (κ2) is 52.4. The van der Waals surface area contributed by atoms with Crippen molar-refractivity contribution in [1.82, 2.24) is 5.32 Å². The molecule has 0 aromatic heterocycles. The molecular weight excluding hydrogens is 779 g/mol. The first-order chi connectivity index (χ1) is 31.0. The number of carbonyl (C=O) groups is 2. The summed E-state index contributed by atoms with van der Waals surface area (Å²) in [6, 6.07) is -0.641. The van der Waals surface area contributed by atoms with E-state index in [4.69, 9.17) is 4.74 Å². The highest BCUT2D eigenvalue weighted by Gasteiger charge is 2.18. The summed E-state index contributed by atoms with van der Waals surface area (Å²) < 4.78 is 5.46. The van der Waals surface area contributed by atoms with Gasteiger partial charge < -0.3 is 20.3 Å². The summed E-state index contributed by atoms with van der Waals surface area (Å²) >= 11 is 0. The van der Waals surface area contributed by atoms with Crippen molar-refractivity contribution < 1.29 is 24.5 Å². The zero-order chi connectivity index (χ0) is 45.8. The number of amides is 1. The maximum Gasteiger partial charge on any atom is 0.305 e. The van der Waals surface area contributed by atoms with E-state index in [1.807, 2.05) is 6.08 Å². The van der Waals surface area contributed by atoms with Gasteiger partial charge in [0.1, 0.15) is 0 Å². The number of carbonyl (C=O) groups excluding carboxylic acids is 2. The summed E-state index contributed by atoms with van der Waals surface area (Å²) in [5.41, 5.74) is 0. The fourth-order valence-corrected chi connectivity index (χ4v) is 8.07. The number of hydrogen-bond donors (Lipinski definition) is 3. The van der Waals surface area contributed by atoms with E-state index in [0.29, 0.717) is 19.4 Å². The van der Waals surface area contributed by atoms with E-state index < -0.39 is 12.1 Å². The standard InChI is InChI=1S/C57H105NO5/c1-3-5-7-9-11-13-15-17-19-23-27-31-35-39-43-47-51-57(62)63-52-48-44-40-36-32-28-24-21-20-22-26-30-34-38-42-46-50-56(61)58-54(53-59)55(60)49-45-41-37-33-29-25-18-16-14-12-10-8-6-4-2/h13,15,19-20,22-23,45,49,54-55,59-60H,3-12,14,16-18,21,24-44,46-48,50-53H2,1-2H3,(H,58,61)/b15-13-,22-20-,23-19-,49-45+. The average Bonchev–Trinajstić information content (AvgIpc) is 3.28. The molecular formula is C57H105NO5. The first kappa shape index (κ1) is 60.8. The number of aliphatic hydroxyl groups is 2. The van der Waals surface area contributed by atoms with E-state index in [9.17, 15) is 19.8 Å². The second-order valence-electron chi connectivity index (χ2n) is 18.5. The van der Waals surface area contributed by atoms with Gasteiger partial charge in [-0.15, -0.1) is 0 Å². The molecule has 0 heterocycles. The van der Waals surface area contributed by atoms with Crippen LogP contribution in [0.3, 0.4) is 0 Å². The number of allylic oxidation sites excluding steroid dienone is 7. The Kier molecular flexibility index (Phi) is 50.6. The molecule has 2 unspecified atom stereocenters. The van der Waals surface area contributed by atoms with Crippen LogP contribution in [-0.4, -0.2) is 47.4 Å². The summed E-state index contributed by atoms with van der Waals surface area (Å²) in [6.45, 7) is 4.85. The molecule has 0 aliphatic rings. The van der Waals surface area contributed by atoms with Gasteiger partial charge in [-0.3, -0.25) is 9.59 Å². The molecule has 1 amide bonds. The number of aliphatic hydroxyl groups excluding tert-OH is 2. The van der Waals surface area contributed by atoms with Gasteiger partial charge in [-0.25, -0.2) is 0 Å². The summed E-state index contributed by atoms with van der Waals surface area (Å²) in [5.74, 6) is -0.105. The predicted octanol–water partition coefficient (Wildman–Crippen LogP) is 16.6. The third-order valence-corrected chi connectivity index (χ3v) is 12.3. The topological polar surface area (TPSA) is 95.9 Å². The lowest BCUT2D eigenvalue weighted by molar-refractivity contribution is -0.143. The minimum atomic E-state index is -0.855. The van der Waals surface area contributed by atoms with Crippen LogP contribution in [0.1, 0.15) is 277 Å². The third kappa shape index (κ3) is 49.1. The first-order valence-corrected chi connectivity index (χ1v) is 27.4. The van der Waals surface area contributed by atoms with Crippen LogP contribution >= 0.6 is 0 Å². The number of nitrogens with one attached hydrogen (secondary N) is 1. The Bertz CT molecular complexity index is 1070. The highest BCUT2D eigenvalue weighted by Crippen LogP contribution is 2.15. The SMILES string of the molecule is CCCCCC/C=C\C/C=C\CCCCCCCC(=O)OCCCCCCCCC/C=C\CCCCCCCC(=O)NC(CO)C(O)/C=C/CCCCCCCCCCCCCC. The molecule has 0 spiro atoms. The van der Waals surface area contributed by atoms with Gasteiger partial charge in [0.2, 0.25) is 5.91 Å². The van der Waals surface area contributed by atoms with E-state index in [1.54, 1.807) is 6.08 Å². The number of hydrogen-bond acceptors (Lipinski definition) is 5. The van der Waals surface area contributed by atoms with E-state index in [2.05, 4.69) is 55.6 Å². The van der Waals surface area contributed by atoms with Crippen molar-refractivity contribution >= 4 is 11.9 Å². The van der Waals surface area contributed by atoms with Crippen LogP contribution in [0.2, 0.25) is 0 Å². The molecule has 0 aromatic rings. The molecule has 368 valence electrons. The fourth-order valence-electron chi connectivity index (χ4n) is 8.07. The largest absolute Gasteiger partial charge is 0.466 e. The molecule has 0 rings (SSSR count). The maximum atomic E-state index is 12.4. The van der Waals surface area contributed by atoms with E-state index in [-0.39, 0.29) is 18.5 Å². The molecule has 0 aliphatic heterocycles. The van der Waals surface area contributed by atoms with Crippen LogP contribution in [-0.2, 0) is 14.3 Å². The summed E-state index contributed by atoms with van der Waals surface area (Å²) in [5, 5.41) is 23.0. The molecule has 6 heteroatoms. The van der Waals surface area contributed by atoms with Crippen LogP contribution in [0.25, 0.3) is 0 Å². The van der Waals surface area contributed by atoms with Crippen LogP contribution < -0.4 is 5.32 Å². The van der Waals surface area contributed by atoms with Gasteiger partial charge in [0, 0.05) is 12.8 Å². The van der Waals surface area contributed by atoms with Gasteiger partial charge in [0.25, 0.3) is 0 Å². The van der Waals surface area contributed by atoms with Gasteiger partial charge in [-0.2, -0.15) is 0 Å². The minimum Gasteiger partial charge on any atom is -0.466 e. The van der Waals surface area contributed by atoms with Crippen LogP contribution in [0.4, 0.5) is 0 Å². The smallest absolute Gasteiger partial charge is 0.305 e. The molecule has 0 aliphatic carbocycles. The summed E-state index contributed by atoms with van der Waals surface area (Å²) in [4.78, 5) is 24.5. The Morgan fingerprint density at radius 1 is 0.444 bits per heavy atom. The van der Waals surface area contributed by atoms with Crippen molar-refractivity contribution in [2.24, 2.45) is 0 Å². The van der Waals surface area contributed by atoms with Crippen molar-refractivity contribution in [1.29, 1.82) is 0 Å². The Hall–Kier alpha value is -2.18. The highest BCUT2D eigenvalue weighted by atomic mass is 16.5. The Labute approximate surface area is 391 Å². The second-order valence-corrected chi connectivity index (χ2v) is 18.5. The monoisotopic (exact) mass is 884 g/mol. The van der Waals surface area contributed by atoms with Gasteiger partial charge in [0.05, 0.1) is 25.4 Å². The molecule has 0 saturated carbocycles. The molecule has 0 fully saturated rings. The Morgan fingerprint density at radius 3 is 1.24 bits per heavy atom. The van der Waals surface area contributed by atoms with Crippen molar-refractivity contribution in [2.75, 3.05) is 13.2 Å². The van der Waals surface area contributed by atoms with E-state index >= 15 is 0 Å². The quantitative estimate of drug-likeness (QED) is 0.0321. The Balaban J connectivity index is 3.51. The van der Waals surface area contributed by atoms with Crippen LogP contribution in [0, 0.1) is 0 Å².